The molecule has 3 aromatic heterocycles. The van der Waals surface area contributed by atoms with E-state index in [2.05, 4.69) is 25.4 Å². The molecule has 0 aliphatic heterocycles. The molecule has 2 aliphatic rings. The van der Waals surface area contributed by atoms with Crippen LogP contribution >= 0.6 is 0 Å². The third kappa shape index (κ3) is 3.84. The standard InChI is InChI=1S/C23H26N6O/c30-22-12-11-20(16-4-3-13-24-14-16)28-29(22)18-9-7-17(8-10-18)27-23-19-5-1-2-6-21(19)25-15-26-23/h3-4,11-15,17-18H,1-2,5-10H2,(H,25,26,27). The van der Waals surface area contributed by atoms with Gasteiger partial charge >= 0.3 is 0 Å². The zero-order valence-electron chi connectivity index (χ0n) is 17.0. The molecule has 5 rings (SSSR count). The molecule has 154 valence electrons. The predicted octanol–water partition coefficient (Wildman–Crippen LogP) is 3.57. The van der Waals surface area contributed by atoms with Crippen LogP contribution in [0.3, 0.4) is 0 Å². The quantitative estimate of drug-likeness (QED) is 0.718. The van der Waals surface area contributed by atoms with Gasteiger partial charge in [-0.25, -0.2) is 14.6 Å². The van der Waals surface area contributed by atoms with Crippen molar-refractivity contribution >= 4 is 5.82 Å². The predicted molar refractivity (Wildman–Crippen MR) is 115 cm³/mol. The van der Waals surface area contributed by atoms with Crippen LogP contribution in [0, 0.1) is 0 Å². The van der Waals surface area contributed by atoms with E-state index in [0.717, 1.165) is 55.6 Å². The number of rotatable bonds is 4. The highest BCUT2D eigenvalue weighted by atomic mass is 16.1. The van der Waals surface area contributed by atoms with Gasteiger partial charge in [-0.3, -0.25) is 9.78 Å². The average Bonchev–Trinajstić information content (AvgIpc) is 2.81. The topological polar surface area (TPSA) is 85.6 Å². The number of hydrogen-bond donors (Lipinski definition) is 1. The molecule has 0 radical (unpaired) electrons. The Balaban J connectivity index is 1.28. The summed E-state index contributed by atoms with van der Waals surface area (Å²) in [5, 5.41) is 8.32. The van der Waals surface area contributed by atoms with E-state index in [0.29, 0.717) is 6.04 Å². The Kier molecular flexibility index (Phi) is 5.26. The second-order valence-electron chi connectivity index (χ2n) is 8.25. The van der Waals surface area contributed by atoms with Crippen molar-refractivity contribution in [1.29, 1.82) is 0 Å². The van der Waals surface area contributed by atoms with Crippen LogP contribution in [0.25, 0.3) is 11.3 Å². The van der Waals surface area contributed by atoms with Gasteiger partial charge in [0.25, 0.3) is 5.56 Å². The number of pyridine rings is 1. The fourth-order valence-electron chi connectivity index (χ4n) is 4.66. The molecule has 0 unspecified atom stereocenters. The van der Waals surface area contributed by atoms with Gasteiger partial charge in [-0.1, -0.05) is 0 Å². The zero-order chi connectivity index (χ0) is 20.3. The number of anilines is 1. The second-order valence-corrected chi connectivity index (χ2v) is 8.25. The van der Waals surface area contributed by atoms with E-state index in [4.69, 9.17) is 0 Å². The fourth-order valence-corrected chi connectivity index (χ4v) is 4.66. The van der Waals surface area contributed by atoms with Crippen LogP contribution in [-0.2, 0) is 12.8 Å². The minimum absolute atomic E-state index is 0.0380. The molecule has 3 aromatic rings. The van der Waals surface area contributed by atoms with E-state index in [9.17, 15) is 4.79 Å². The van der Waals surface area contributed by atoms with E-state index in [1.165, 1.54) is 24.1 Å². The van der Waals surface area contributed by atoms with Crippen molar-refractivity contribution in [3.63, 3.8) is 0 Å². The lowest BCUT2D eigenvalue weighted by molar-refractivity contribution is 0.304. The fraction of sp³-hybridized carbons (Fsp3) is 0.435. The van der Waals surface area contributed by atoms with Crippen molar-refractivity contribution in [3.05, 3.63) is 64.6 Å². The number of aryl methyl sites for hydroxylation is 1. The number of nitrogens with one attached hydrogen (secondary N) is 1. The first-order valence-corrected chi connectivity index (χ1v) is 10.9. The molecule has 0 spiro atoms. The number of fused-ring (bicyclic) bond motifs is 1. The Morgan fingerprint density at radius 3 is 2.70 bits per heavy atom. The number of hydrogen-bond acceptors (Lipinski definition) is 6. The maximum Gasteiger partial charge on any atom is 0.267 e. The van der Waals surface area contributed by atoms with E-state index >= 15 is 0 Å². The van der Waals surface area contributed by atoms with Gasteiger partial charge in [-0.2, -0.15) is 5.10 Å². The van der Waals surface area contributed by atoms with Gasteiger partial charge in [0.15, 0.2) is 0 Å². The molecule has 7 nitrogen and oxygen atoms in total. The third-order valence-electron chi connectivity index (χ3n) is 6.29. The van der Waals surface area contributed by atoms with Crippen molar-refractivity contribution < 1.29 is 0 Å². The highest BCUT2D eigenvalue weighted by Crippen LogP contribution is 2.31. The smallest absolute Gasteiger partial charge is 0.267 e. The lowest BCUT2D eigenvalue weighted by atomic mass is 9.90. The summed E-state index contributed by atoms with van der Waals surface area (Å²) in [5.41, 5.74) is 4.18. The maximum absolute atomic E-state index is 12.5. The molecule has 0 amide bonds. The molecule has 1 N–H and O–H groups in total. The molecule has 0 atom stereocenters. The van der Waals surface area contributed by atoms with Gasteiger partial charge in [-0.15, -0.1) is 0 Å². The molecule has 2 aliphatic carbocycles. The first kappa shape index (κ1) is 18.9. The molecule has 3 heterocycles. The number of nitrogens with zero attached hydrogens (tertiary/aromatic N) is 5. The minimum atomic E-state index is -0.0380. The van der Waals surface area contributed by atoms with Crippen molar-refractivity contribution in [3.8, 4) is 11.3 Å². The first-order chi connectivity index (χ1) is 14.8. The van der Waals surface area contributed by atoms with Crippen LogP contribution in [0.2, 0.25) is 0 Å². The van der Waals surface area contributed by atoms with E-state index in [-0.39, 0.29) is 11.6 Å². The summed E-state index contributed by atoms with van der Waals surface area (Å²) in [6.07, 6.45) is 13.6. The van der Waals surface area contributed by atoms with Gasteiger partial charge in [0.05, 0.1) is 11.7 Å². The van der Waals surface area contributed by atoms with Crippen LogP contribution in [0.5, 0.6) is 0 Å². The summed E-state index contributed by atoms with van der Waals surface area (Å²) < 4.78 is 1.67. The molecular weight excluding hydrogens is 376 g/mol. The van der Waals surface area contributed by atoms with Gasteiger partial charge in [-0.05, 0) is 69.6 Å². The van der Waals surface area contributed by atoms with Crippen LogP contribution in [-0.4, -0.2) is 30.8 Å². The Morgan fingerprint density at radius 2 is 1.87 bits per heavy atom. The molecule has 0 saturated heterocycles. The molecule has 30 heavy (non-hydrogen) atoms. The second kappa shape index (κ2) is 8.34. The Hall–Kier alpha value is -3.09. The van der Waals surface area contributed by atoms with Crippen molar-refractivity contribution in [2.24, 2.45) is 0 Å². The zero-order valence-corrected chi connectivity index (χ0v) is 17.0. The lowest BCUT2D eigenvalue weighted by Crippen LogP contribution is -2.33. The van der Waals surface area contributed by atoms with E-state index < -0.39 is 0 Å². The Labute approximate surface area is 175 Å². The maximum atomic E-state index is 12.5. The highest BCUT2D eigenvalue weighted by molar-refractivity contribution is 5.56. The summed E-state index contributed by atoms with van der Waals surface area (Å²) in [4.78, 5) is 25.6. The summed E-state index contributed by atoms with van der Waals surface area (Å²) in [6, 6.07) is 7.75. The molecule has 0 bridgehead atoms. The Morgan fingerprint density at radius 1 is 1.00 bits per heavy atom. The van der Waals surface area contributed by atoms with Gasteiger partial charge in [0.2, 0.25) is 0 Å². The van der Waals surface area contributed by atoms with Crippen molar-refractivity contribution in [2.45, 2.75) is 63.5 Å². The molecule has 1 fully saturated rings. The van der Waals surface area contributed by atoms with Crippen LogP contribution in [0.4, 0.5) is 5.82 Å². The van der Waals surface area contributed by atoms with Gasteiger partial charge < -0.3 is 5.32 Å². The highest BCUT2D eigenvalue weighted by Gasteiger charge is 2.25. The summed E-state index contributed by atoms with van der Waals surface area (Å²) in [6.45, 7) is 0. The first-order valence-electron chi connectivity index (χ1n) is 10.9. The monoisotopic (exact) mass is 402 g/mol. The number of aromatic nitrogens is 5. The molecule has 0 aromatic carbocycles. The largest absolute Gasteiger partial charge is 0.367 e. The molecular formula is C23H26N6O. The third-order valence-corrected chi connectivity index (χ3v) is 6.29. The lowest BCUT2D eigenvalue weighted by Gasteiger charge is -2.31. The Bertz CT molecular complexity index is 1070. The summed E-state index contributed by atoms with van der Waals surface area (Å²) in [7, 11) is 0. The van der Waals surface area contributed by atoms with Crippen molar-refractivity contribution in [2.75, 3.05) is 5.32 Å². The summed E-state index contributed by atoms with van der Waals surface area (Å²) in [5.74, 6) is 1.01. The summed E-state index contributed by atoms with van der Waals surface area (Å²) >= 11 is 0. The van der Waals surface area contributed by atoms with E-state index in [1.807, 2.05) is 12.1 Å². The van der Waals surface area contributed by atoms with Crippen LogP contribution in [0.15, 0.2) is 47.8 Å². The van der Waals surface area contributed by atoms with Gasteiger partial charge in [0.1, 0.15) is 12.1 Å². The average molecular weight is 403 g/mol. The minimum Gasteiger partial charge on any atom is -0.367 e. The van der Waals surface area contributed by atoms with Crippen molar-refractivity contribution in [1.82, 2.24) is 24.7 Å². The van der Waals surface area contributed by atoms with Gasteiger partial charge in [0, 0.05) is 41.3 Å². The normalized spacial score (nSPS) is 21.1. The van der Waals surface area contributed by atoms with Crippen LogP contribution in [0.1, 0.15) is 55.8 Å². The van der Waals surface area contributed by atoms with E-state index in [1.54, 1.807) is 35.5 Å². The SMILES string of the molecule is O=c1ccc(-c2cccnc2)nn1C1CCC(Nc2ncnc3c2CCCC3)CC1. The molecule has 7 heteroatoms. The molecule has 1 saturated carbocycles. The van der Waals surface area contributed by atoms with Crippen LogP contribution < -0.4 is 10.9 Å².